The highest BCUT2D eigenvalue weighted by molar-refractivity contribution is 5.35. The molecule has 1 saturated heterocycles. The number of ether oxygens (including phenoxy) is 1. The quantitative estimate of drug-likeness (QED) is 0.820. The molecule has 0 aromatic carbocycles. The first-order valence-electron chi connectivity index (χ1n) is 7.34. The van der Waals surface area contributed by atoms with E-state index in [2.05, 4.69) is 41.2 Å². The lowest BCUT2D eigenvalue weighted by Gasteiger charge is -2.23. The summed E-state index contributed by atoms with van der Waals surface area (Å²) in [5.74, 6) is 0.952. The van der Waals surface area contributed by atoms with Crippen LogP contribution in [0.15, 0.2) is 18.3 Å². The minimum absolute atomic E-state index is 0.425. The fourth-order valence-corrected chi connectivity index (χ4v) is 2.44. The van der Waals surface area contributed by atoms with Crippen LogP contribution in [0, 0.1) is 0 Å². The van der Waals surface area contributed by atoms with Crippen molar-refractivity contribution < 1.29 is 4.74 Å². The lowest BCUT2D eigenvalue weighted by Crippen LogP contribution is -2.31. The van der Waals surface area contributed by atoms with E-state index in [9.17, 15) is 0 Å². The molecule has 4 nitrogen and oxygen atoms in total. The van der Waals surface area contributed by atoms with E-state index in [1.54, 1.807) is 0 Å². The largest absolute Gasteiger partial charge is 0.377 e. The molecule has 0 spiro atoms. The van der Waals surface area contributed by atoms with Crippen molar-refractivity contribution in [2.75, 3.05) is 31.6 Å². The second kappa shape index (κ2) is 7.46. The van der Waals surface area contributed by atoms with E-state index in [0.717, 1.165) is 38.6 Å². The van der Waals surface area contributed by atoms with Crippen molar-refractivity contribution >= 4 is 5.82 Å². The molecule has 0 amide bonds. The number of hydrogen-bond donors (Lipinski definition) is 1. The molecule has 0 aliphatic carbocycles. The molecule has 106 valence electrons. The second-order valence-corrected chi connectivity index (χ2v) is 5.04. The van der Waals surface area contributed by atoms with Crippen molar-refractivity contribution in [2.24, 2.45) is 0 Å². The fourth-order valence-electron chi connectivity index (χ4n) is 2.44. The van der Waals surface area contributed by atoms with Crippen molar-refractivity contribution in [1.29, 1.82) is 0 Å². The molecule has 2 heterocycles. The van der Waals surface area contributed by atoms with Crippen molar-refractivity contribution in [1.82, 2.24) is 9.88 Å². The van der Waals surface area contributed by atoms with Crippen LogP contribution in [-0.2, 0) is 11.3 Å². The molecular formula is C15H25N3O. The van der Waals surface area contributed by atoms with Crippen molar-refractivity contribution in [3.8, 4) is 0 Å². The Kier molecular flexibility index (Phi) is 5.61. The van der Waals surface area contributed by atoms with Gasteiger partial charge in [-0.05, 0) is 37.9 Å². The molecule has 0 radical (unpaired) electrons. The second-order valence-electron chi connectivity index (χ2n) is 5.04. The van der Waals surface area contributed by atoms with E-state index < -0.39 is 0 Å². The summed E-state index contributed by atoms with van der Waals surface area (Å²) in [6, 6.07) is 4.21. The zero-order valence-corrected chi connectivity index (χ0v) is 12.1. The summed E-state index contributed by atoms with van der Waals surface area (Å²) in [7, 11) is 0. The zero-order valence-electron chi connectivity index (χ0n) is 12.1. The summed E-state index contributed by atoms with van der Waals surface area (Å²) >= 11 is 0. The molecule has 1 N–H and O–H groups in total. The highest BCUT2D eigenvalue weighted by Gasteiger charge is 2.18. The summed E-state index contributed by atoms with van der Waals surface area (Å²) < 4.78 is 5.71. The maximum Gasteiger partial charge on any atom is 0.125 e. The Labute approximate surface area is 116 Å². The van der Waals surface area contributed by atoms with Gasteiger partial charge >= 0.3 is 0 Å². The van der Waals surface area contributed by atoms with Crippen LogP contribution in [0.4, 0.5) is 5.82 Å². The van der Waals surface area contributed by atoms with E-state index in [4.69, 9.17) is 4.74 Å². The highest BCUT2D eigenvalue weighted by Crippen LogP contribution is 2.15. The first-order valence-corrected chi connectivity index (χ1v) is 7.34. The number of rotatable bonds is 7. The lowest BCUT2D eigenvalue weighted by atomic mass is 10.2. The van der Waals surface area contributed by atoms with E-state index in [-0.39, 0.29) is 0 Å². The molecule has 1 aromatic rings. The number of nitrogens with one attached hydrogen (secondary N) is 1. The summed E-state index contributed by atoms with van der Waals surface area (Å²) in [6.45, 7) is 9.16. The Morgan fingerprint density at radius 2 is 2.32 bits per heavy atom. The molecule has 1 aliphatic heterocycles. The summed E-state index contributed by atoms with van der Waals surface area (Å²) in [5.41, 5.74) is 1.27. The molecule has 1 aliphatic rings. The van der Waals surface area contributed by atoms with E-state index >= 15 is 0 Å². The van der Waals surface area contributed by atoms with Gasteiger partial charge < -0.3 is 10.1 Å². The Morgan fingerprint density at radius 1 is 1.42 bits per heavy atom. The van der Waals surface area contributed by atoms with E-state index in [1.807, 2.05) is 6.20 Å². The standard InChI is InChI=1S/C15H25N3O/c1-3-16-15-8-7-13(10-17-15)11-18(4-2)12-14-6-5-9-19-14/h7-8,10,14H,3-6,9,11-12H2,1-2H3,(H,16,17). The van der Waals surface area contributed by atoms with Gasteiger partial charge in [-0.15, -0.1) is 0 Å². The third-order valence-electron chi connectivity index (χ3n) is 3.52. The van der Waals surface area contributed by atoms with Crippen LogP contribution in [0.5, 0.6) is 0 Å². The Bertz CT molecular complexity index is 360. The Morgan fingerprint density at radius 3 is 2.89 bits per heavy atom. The molecule has 1 unspecified atom stereocenters. The maximum absolute atomic E-state index is 5.71. The molecule has 19 heavy (non-hydrogen) atoms. The molecular weight excluding hydrogens is 238 g/mol. The highest BCUT2D eigenvalue weighted by atomic mass is 16.5. The minimum atomic E-state index is 0.425. The predicted molar refractivity (Wildman–Crippen MR) is 78.3 cm³/mol. The molecule has 4 heteroatoms. The van der Waals surface area contributed by atoms with Crippen molar-refractivity contribution in [2.45, 2.75) is 39.3 Å². The number of hydrogen-bond acceptors (Lipinski definition) is 4. The summed E-state index contributed by atoms with van der Waals surface area (Å²) in [6.07, 6.45) is 4.81. The van der Waals surface area contributed by atoms with Crippen molar-refractivity contribution in [3.05, 3.63) is 23.9 Å². The molecule has 1 aromatic heterocycles. The smallest absolute Gasteiger partial charge is 0.125 e. The lowest BCUT2D eigenvalue weighted by molar-refractivity contribution is 0.0724. The number of likely N-dealkylation sites (N-methyl/N-ethyl adjacent to an activating group) is 1. The van der Waals surface area contributed by atoms with Gasteiger partial charge in [-0.1, -0.05) is 13.0 Å². The SMILES string of the molecule is CCNc1ccc(CN(CC)CC2CCCO2)cn1. The number of anilines is 1. The molecule has 1 fully saturated rings. The monoisotopic (exact) mass is 263 g/mol. The maximum atomic E-state index is 5.71. The van der Waals surface area contributed by atoms with Crippen LogP contribution in [0.1, 0.15) is 32.3 Å². The van der Waals surface area contributed by atoms with Gasteiger partial charge in [0.1, 0.15) is 5.82 Å². The van der Waals surface area contributed by atoms with Crippen LogP contribution in [-0.4, -0.2) is 42.2 Å². The Hall–Kier alpha value is -1.13. The predicted octanol–water partition coefficient (Wildman–Crippen LogP) is 2.51. The topological polar surface area (TPSA) is 37.4 Å². The van der Waals surface area contributed by atoms with Crippen LogP contribution in [0.3, 0.4) is 0 Å². The first-order chi connectivity index (χ1) is 9.31. The van der Waals surface area contributed by atoms with Gasteiger partial charge in [0.2, 0.25) is 0 Å². The average Bonchev–Trinajstić information content (AvgIpc) is 2.93. The van der Waals surface area contributed by atoms with Gasteiger partial charge in [-0.25, -0.2) is 4.98 Å². The van der Waals surface area contributed by atoms with Gasteiger partial charge in [-0.3, -0.25) is 4.90 Å². The molecule has 0 bridgehead atoms. The minimum Gasteiger partial charge on any atom is -0.377 e. The normalized spacial score (nSPS) is 19.0. The third-order valence-corrected chi connectivity index (χ3v) is 3.52. The fraction of sp³-hybridized carbons (Fsp3) is 0.667. The van der Waals surface area contributed by atoms with Crippen LogP contribution in [0.2, 0.25) is 0 Å². The van der Waals surface area contributed by atoms with Gasteiger partial charge in [0.05, 0.1) is 6.10 Å². The number of nitrogens with zero attached hydrogens (tertiary/aromatic N) is 2. The van der Waals surface area contributed by atoms with E-state index in [1.165, 1.54) is 18.4 Å². The van der Waals surface area contributed by atoms with Gasteiger partial charge in [0.25, 0.3) is 0 Å². The number of aromatic nitrogens is 1. The average molecular weight is 263 g/mol. The Balaban J connectivity index is 1.86. The zero-order chi connectivity index (χ0) is 13.5. The van der Waals surface area contributed by atoms with Gasteiger partial charge in [0, 0.05) is 32.4 Å². The third kappa shape index (κ3) is 4.48. The van der Waals surface area contributed by atoms with Crippen molar-refractivity contribution in [3.63, 3.8) is 0 Å². The van der Waals surface area contributed by atoms with Crippen LogP contribution < -0.4 is 5.32 Å². The molecule has 0 saturated carbocycles. The molecule has 2 rings (SSSR count). The van der Waals surface area contributed by atoms with Crippen LogP contribution in [0.25, 0.3) is 0 Å². The summed E-state index contributed by atoms with van der Waals surface area (Å²) in [4.78, 5) is 6.85. The van der Waals surface area contributed by atoms with Gasteiger partial charge in [0.15, 0.2) is 0 Å². The van der Waals surface area contributed by atoms with Crippen LogP contribution >= 0.6 is 0 Å². The van der Waals surface area contributed by atoms with Gasteiger partial charge in [-0.2, -0.15) is 0 Å². The first kappa shape index (κ1) is 14.3. The summed E-state index contributed by atoms with van der Waals surface area (Å²) in [5, 5.41) is 3.22. The number of pyridine rings is 1. The van der Waals surface area contributed by atoms with E-state index in [0.29, 0.717) is 6.10 Å². The molecule has 1 atom stereocenters.